The molecule has 0 spiro atoms. The molecule has 0 radical (unpaired) electrons. The van der Waals surface area contributed by atoms with Crippen LogP contribution in [0.2, 0.25) is 5.02 Å². The lowest BCUT2D eigenvalue weighted by molar-refractivity contribution is -0.148. The van der Waals surface area contributed by atoms with Crippen LogP contribution in [0.3, 0.4) is 0 Å². The summed E-state index contributed by atoms with van der Waals surface area (Å²) >= 11 is 6.00. The first-order chi connectivity index (χ1) is 12.8. The zero-order valence-electron chi connectivity index (χ0n) is 14.9. The van der Waals surface area contributed by atoms with Gasteiger partial charge < -0.3 is 15.4 Å². The highest BCUT2D eigenvalue weighted by molar-refractivity contribution is 6.32. The van der Waals surface area contributed by atoms with E-state index in [2.05, 4.69) is 10.6 Å². The lowest BCUT2D eigenvalue weighted by Gasteiger charge is -2.12. The van der Waals surface area contributed by atoms with Crippen molar-refractivity contribution in [3.05, 3.63) is 65.2 Å². The van der Waals surface area contributed by atoms with E-state index < -0.39 is 18.0 Å². The Hall–Kier alpha value is -3.12. The molecule has 0 bridgehead atoms. The van der Waals surface area contributed by atoms with Crippen LogP contribution in [0, 0.1) is 0 Å². The summed E-state index contributed by atoms with van der Waals surface area (Å²) in [6.45, 7) is 2.88. The maximum Gasteiger partial charge on any atom is 0.331 e. The summed E-state index contributed by atoms with van der Waals surface area (Å²) in [6.07, 6.45) is 1.76. The molecule has 6 nitrogen and oxygen atoms in total. The fraction of sp³-hybridized carbons (Fsp3) is 0.150. The van der Waals surface area contributed by atoms with Gasteiger partial charge in [0.2, 0.25) is 5.91 Å². The number of carbonyl (C=O) groups excluding carboxylic acids is 3. The van der Waals surface area contributed by atoms with Crippen LogP contribution in [0.4, 0.5) is 11.4 Å². The first-order valence-corrected chi connectivity index (χ1v) is 8.54. The number of hydrogen-bond donors (Lipinski definition) is 2. The minimum atomic E-state index is -0.983. The smallest absolute Gasteiger partial charge is 0.331 e. The number of ether oxygens (including phenoxy) is 1. The predicted octanol–water partition coefficient (Wildman–Crippen LogP) is 3.88. The Morgan fingerprint density at radius 3 is 2.19 bits per heavy atom. The van der Waals surface area contributed by atoms with E-state index in [1.807, 2.05) is 0 Å². The molecule has 1 atom stereocenters. The lowest BCUT2D eigenvalue weighted by atomic mass is 10.2. The molecular formula is C20H19ClN2O4. The van der Waals surface area contributed by atoms with Gasteiger partial charge in [0.25, 0.3) is 5.91 Å². The third-order valence-electron chi connectivity index (χ3n) is 3.44. The molecule has 7 heteroatoms. The molecule has 2 amide bonds. The highest BCUT2D eigenvalue weighted by atomic mass is 35.5. The van der Waals surface area contributed by atoms with Crippen molar-refractivity contribution in [1.29, 1.82) is 0 Å². The van der Waals surface area contributed by atoms with Gasteiger partial charge in [-0.3, -0.25) is 9.59 Å². The van der Waals surface area contributed by atoms with E-state index in [-0.39, 0.29) is 5.91 Å². The number of anilines is 2. The standard InChI is InChI=1S/C20H19ClN2O4/c1-13(27-19(25)12-7-15-5-3-4-6-18(15)21)20(26)23-17-10-8-16(9-11-17)22-14(2)24/h3-13H,1-2H3,(H,22,24)(H,23,26). The molecule has 2 aromatic rings. The molecular weight excluding hydrogens is 368 g/mol. The number of halogens is 1. The fourth-order valence-electron chi connectivity index (χ4n) is 2.12. The van der Waals surface area contributed by atoms with E-state index in [1.54, 1.807) is 48.5 Å². The van der Waals surface area contributed by atoms with Crippen LogP contribution >= 0.6 is 11.6 Å². The first kappa shape index (κ1) is 20.2. The Morgan fingerprint density at radius 1 is 1.00 bits per heavy atom. The average Bonchev–Trinajstić information content (AvgIpc) is 2.62. The lowest BCUT2D eigenvalue weighted by Crippen LogP contribution is -2.29. The van der Waals surface area contributed by atoms with Crippen molar-refractivity contribution in [3.8, 4) is 0 Å². The SMILES string of the molecule is CC(=O)Nc1ccc(NC(=O)C(C)OC(=O)C=Cc2ccccc2Cl)cc1. The van der Waals surface area contributed by atoms with Gasteiger partial charge in [-0.1, -0.05) is 29.8 Å². The van der Waals surface area contributed by atoms with Crippen molar-refractivity contribution in [3.63, 3.8) is 0 Å². The second-order valence-electron chi connectivity index (χ2n) is 5.68. The van der Waals surface area contributed by atoms with Crippen LogP contribution < -0.4 is 10.6 Å². The van der Waals surface area contributed by atoms with Crippen LogP contribution in [-0.2, 0) is 19.1 Å². The third kappa shape index (κ3) is 6.60. The molecule has 0 aliphatic rings. The summed E-state index contributed by atoms with van der Waals surface area (Å²) < 4.78 is 5.08. The van der Waals surface area contributed by atoms with E-state index in [9.17, 15) is 14.4 Å². The number of rotatable bonds is 6. The van der Waals surface area contributed by atoms with Gasteiger partial charge in [-0.2, -0.15) is 0 Å². The Morgan fingerprint density at radius 2 is 1.59 bits per heavy atom. The van der Waals surface area contributed by atoms with Gasteiger partial charge in [-0.25, -0.2) is 4.79 Å². The normalized spacial score (nSPS) is 11.7. The summed E-state index contributed by atoms with van der Waals surface area (Å²) in [6, 6.07) is 13.6. The summed E-state index contributed by atoms with van der Waals surface area (Å²) in [7, 11) is 0. The van der Waals surface area contributed by atoms with Crippen molar-refractivity contribution < 1.29 is 19.1 Å². The monoisotopic (exact) mass is 386 g/mol. The second-order valence-corrected chi connectivity index (χ2v) is 6.09. The second kappa shape index (κ2) is 9.54. The molecule has 2 rings (SSSR count). The fourth-order valence-corrected chi connectivity index (χ4v) is 2.32. The number of nitrogens with one attached hydrogen (secondary N) is 2. The summed E-state index contributed by atoms with van der Waals surface area (Å²) in [5, 5.41) is 5.77. The van der Waals surface area contributed by atoms with Crippen molar-refractivity contribution in [2.24, 2.45) is 0 Å². The van der Waals surface area contributed by atoms with Crippen LogP contribution in [-0.4, -0.2) is 23.9 Å². The van der Waals surface area contributed by atoms with Gasteiger partial charge in [-0.15, -0.1) is 0 Å². The van der Waals surface area contributed by atoms with E-state index in [0.29, 0.717) is 22.0 Å². The highest BCUT2D eigenvalue weighted by Crippen LogP contribution is 2.17. The first-order valence-electron chi connectivity index (χ1n) is 8.17. The molecule has 0 aromatic heterocycles. The van der Waals surface area contributed by atoms with Crippen LogP contribution in [0.25, 0.3) is 6.08 Å². The van der Waals surface area contributed by atoms with Crippen LogP contribution in [0.1, 0.15) is 19.4 Å². The topological polar surface area (TPSA) is 84.5 Å². The molecule has 2 aromatic carbocycles. The van der Waals surface area contributed by atoms with Gasteiger partial charge in [0.15, 0.2) is 6.10 Å². The molecule has 0 aliphatic heterocycles. The minimum Gasteiger partial charge on any atom is -0.449 e. The zero-order valence-corrected chi connectivity index (χ0v) is 15.6. The number of esters is 1. The van der Waals surface area contributed by atoms with Gasteiger partial charge in [0, 0.05) is 29.4 Å². The van der Waals surface area contributed by atoms with E-state index in [0.717, 1.165) is 0 Å². The van der Waals surface area contributed by atoms with E-state index in [4.69, 9.17) is 16.3 Å². The molecule has 0 saturated carbocycles. The van der Waals surface area contributed by atoms with Crippen molar-refractivity contribution in [1.82, 2.24) is 0 Å². The highest BCUT2D eigenvalue weighted by Gasteiger charge is 2.16. The van der Waals surface area contributed by atoms with Crippen molar-refractivity contribution in [2.45, 2.75) is 20.0 Å². The maximum atomic E-state index is 12.1. The molecule has 140 valence electrons. The molecule has 0 heterocycles. The molecule has 1 unspecified atom stereocenters. The summed E-state index contributed by atoms with van der Waals surface area (Å²) in [4.78, 5) is 35.0. The zero-order chi connectivity index (χ0) is 19.8. The molecule has 27 heavy (non-hydrogen) atoms. The number of amides is 2. The van der Waals surface area contributed by atoms with Crippen LogP contribution in [0.5, 0.6) is 0 Å². The van der Waals surface area contributed by atoms with Gasteiger partial charge in [0.05, 0.1) is 0 Å². The quantitative estimate of drug-likeness (QED) is 0.582. The number of hydrogen-bond acceptors (Lipinski definition) is 4. The van der Waals surface area contributed by atoms with Gasteiger partial charge in [0.1, 0.15) is 0 Å². The minimum absolute atomic E-state index is 0.183. The number of benzene rings is 2. The average molecular weight is 387 g/mol. The molecule has 0 saturated heterocycles. The Balaban J connectivity index is 1.88. The summed E-state index contributed by atoms with van der Waals surface area (Å²) in [5.74, 6) is -1.31. The van der Waals surface area contributed by atoms with Gasteiger partial charge in [-0.05, 0) is 48.9 Å². The molecule has 0 aliphatic carbocycles. The van der Waals surface area contributed by atoms with Gasteiger partial charge >= 0.3 is 5.97 Å². The number of carbonyl (C=O) groups is 3. The predicted molar refractivity (Wildman–Crippen MR) is 105 cm³/mol. The third-order valence-corrected chi connectivity index (χ3v) is 3.78. The van der Waals surface area contributed by atoms with Crippen molar-refractivity contribution in [2.75, 3.05) is 10.6 Å². The molecule has 0 fully saturated rings. The molecule has 2 N–H and O–H groups in total. The Kier molecular flexibility index (Phi) is 7.14. The van der Waals surface area contributed by atoms with Crippen LogP contribution in [0.15, 0.2) is 54.6 Å². The maximum absolute atomic E-state index is 12.1. The van der Waals surface area contributed by atoms with E-state index >= 15 is 0 Å². The van der Waals surface area contributed by atoms with E-state index in [1.165, 1.54) is 26.0 Å². The Bertz CT molecular complexity index is 863. The largest absolute Gasteiger partial charge is 0.449 e. The Labute approximate surface area is 162 Å². The van der Waals surface area contributed by atoms with Crippen molar-refractivity contribution >= 4 is 46.8 Å². The summed E-state index contributed by atoms with van der Waals surface area (Å²) in [5.41, 5.74) is 1.81.